The minimum absolute atomic E-state index is 0.0233. The second-order valence-electron chi connectivity index (χ2n) is 8.10. The number of hydrogen-bond donors (Lipinski definition) is 3. The van der Waals surface area contributed by atoms with Gasteiger partial charge < -0.3 is 20.5 Å². The highest BCUT2D eigenvalue weighted by atomic mass is 16.5. The van der Waals surface area contributed by atoms with Crippen LogP contribution in [-0.4, -0.2) is 61.4 Å². The molecule has 27 heavy (non-hydrogen) atoms. The van der Waals surface area contributed by atoms with Crippen molar-refractivity contribution in [2.45, 2.75) is 51.6 Å². The van der Waals surface area contributed by atoms with Crippen LogP contribution in [-0.2, 0) is 24.1 Å². The first kappa shape index (κ1) is 20.0. The molecule has 0 spiro atoms. The Kier molecular flexibility index (Phi) is 6.60. The zero-order chi connectivity index (χ0) is 19.3. The van der Waals surface area contributed by atoms with E-state index in [0.717, 1.165) is 57.2 Å². The van der Waals surface area contributed by atoms with Gasteiger partial charge in [0.2, 0.25) is 0 Å². The molecule has 1 heterocycles. The Morgan fingerprint density at radius 2 is 1.93 bits per heavy atom. The minimum atomic E-state index is 0.0233. The third-order valence-electron chi connectivity index (χ3n) is 5.84. The van der Waals surface area contributed by atoms with Gasteiger partial charge in [-0.15, -0.1) is 0 Å². The van der Waals surface area contributed by atoms with Crippen molar-refractivity contribution in [2.24, 2.45) is 4.99 Å². The maximum atomic E-state index is 10.4. The quantitative estimate of drug-likeness (QED) is 0.544. The third kappa shape index (κ3) is 4.93. The van der Waals surface area contributed by atoms with Gasteiger partial charge in [-0.2, -0.15) is 0 Å². The molecular weight excluding hydrogens is 340 g/mol. The SMILES string of the molecule is CN=C(NCc1c(O)ccc2c1CCCC2)NCC(C)(C)N1CCOCC1. The Balaban J connectivity index is 1.58. The van der Waals surface area contributed by atoms with Crippen molar-refractivity contribution < 1.29 is 9.84 Å². The van der Waals surface area contributed by atoms with Crippen molar-refractivity contribution in [1.82, 2.24) is 15.5 Å². The average molecular weight is 375 g/mol. The largest absolute Gasteiger partial charge is 0.508 e. The van der Waals surface area contributed by atoms with E-state index < -0.39 is 0 Å². The number of guanidine groups is 1. The van der Waals surface area contributed by atoms with E-state index in [1.54, 1.807) is 7.05 Å². The lowest BCUT2D eigenvalue weighted by molar-refractivity contribution is -0.00834. The fourth-order valence-electron chi connectivity index (χ4n) is 4.06. The molecule has 0 unspecified atom stereocenters. The number of phenolic OH excluding ortho intramolecular Hbond substituents is 1. The number of ether oxygens (including phenoxy) is 1. The number of benzene rings is 1. The predicted molar refractivity (Wildman–Crippen MR) is 109 cm³/mol. The summed E-state index contributed by atoms with van der Waals surface area (Å²) < 4.78 is 5.46. The Bertz CT molecular complexity index is 666. The molecule has 150 valence electrons. The van der Waals surface area contributed by atoms with Crippen molar-refractivity contribution in [3.8, 4) is 5.75 Å². The minimum Gasteiger partial charge on any atom is -0.508 e. The summed E-state index contributed by atoms with van der Waals surface area (Å²) in [4.78, 5) is 6.82. The molecule has 1 fully saturated rings. The van der Waals surface area contributed by atoms with Gasteiger partial charge in [-0.05, 0) is 56.7 Å². The molecule has 6 heteroatoms. The second kappa shape index (κ2) is 8.93. The van der Waals surface area contributed by atoms with Gasteiger partial charge in [-0.1, -0.05) is 6.07 Å². The number of phenols is 1. The zero-order valence-corrected chi connectivity index (χ0v) is 17.0. The number of aliphatic imine (C=N–C) groups is 1. The van der Waals surface area contributed by atoms with Crippen molar-refractivity contribution in [1.29, 1.82) is 0 Å². The van der Waals surface area contributed by atoms with Crippen LogP contribution in [0.1, 0.15) is 43.4 Å². The monoisotopic (exact) mass is 374 g/mol. The summed E-state index contributed by atoms with van der Waals surface area (Å²) in [5.74, 6) is 1.15. The van der Waals surface area contributed by atoms with Gasteiger partial charge in [0.05, 0.1) is 13.2 Å². The van der Waals surface area contributed by atoms with Crippen LogP contribution in [0.4, 0.5) is 0 Å². The van der Waals surface area contributed by atoms with Gasteiger partial charge in [0.25, 0.3) is 0 Å². The fraction of sp³-hybridized carbons (Fsp3) is 0.667. The Morgan fingerprint density at radius 3 is 2.67 bits per heavy atom. The molecule has 1 aliphatic heterocycles. The van der Waals surface area contributed by atoms with Crippen molar-refractivity contribution in [2.75, 3.05) is 39.9 Å². The molecule has 1 saturated heterocycles. The maximum Gasteiger partial charge on any atom is 0.191 e. The molecule has 3 rings (SSSR count). The third-order valence-corrected chi connectivity index (χ3v) is 5.84. The van der Waals surface area contributed by atoms with Crippen molar-refractivity contribution >= 4 is 5.96 Å². The predicted octanol–water partition coefficient (Wildman–Crippen LogP) is 2.05. The second-order valence-corrected chi connectivity index (χ2v) is 8.10. The summed E-state index contributed by atoms with van der Waals surface area (Å²) in [5, 5.41) is 17.2. The molecule has 3 N–H and O–H groups in total. The lowest BCUT2D eigenvalue weighted by Crippen LogP contribution is -2.56. The van der Waals surface area contributed by atoms with Crippen LogP contribution in [0.3, 0.4) is 0 Å². The molecule has 0 amide bonds. The first-order valence-corrected chi connectivity index (χ1v) is 10.1. The standard InChI is InChI=1S/C21H34N4O2/c1-21(2,25-10-12-27-13-11-25)15-24-20(22-3)23-14-18-17-7-5-4-6-16(17)8-9-19(18)26/h8-9,26H,4-7,10-15H2,1-3H3,(H2,22,23,24). The van der Waals surface area contributed by atoms with Gasteiger partial charge in [0.15, 0.2) is 5.96 Å². The summed E-state index contributed by atoms with van der Waals surface area (Å²) in [6.07, 6.45) is 4.61. The highest BCUT2D eigenvalue weighted by Gasteiger charge is 2.28. The molecule has 0 atom stereocenters. The van der Waals surface area contributed by atoms with Gasteiger partial charge in [0.1, 0.15) is 5.75 Å². The van der Waals surface area contributed by atoms with Crippen LogP contribution in [0, 0.1) is 0 Å². The summed E-state index contributed by atoms with van der Waals surface area (Å²) in [6, 6.07) is 3.91. The fourth-order valence-corrected chi connectivity index (χ4v) is 4.06. The van der Waals surface area contributed by atoms with Crippen LogP contribution in [0.25, 0.3) is 0 Å². The van der Waals surface area contributed by atoms with E-state index in [1.165, 1.54) is 24.0 Å². The van der Waals surface area contributed by atoms with E-state index in [-0.39, 0.29) is 5.54 Å². The van der Waals surface area contributed by atoms with Crippen LogP contribution >= 0.6 is 0 Å². The first-order chi connectivity index (χ1) is 13.0. The van der Waals surface area contributed by atoms with Crippen LogP contribution in [0.5, 0.6) is 5.75 Å². The lowest BCUT2D eigenvalue weighted by atomic mass is 9.88. The molecule has 6 nitrogen and oxygen atoms in total. The van der Waals surface area contributed by atoms with Crippen molar-refractivity contribution in [3.05, 3.63) is 28.8 Å². The normalized spacial score (nSPS) is 18.9. The van der Waals surface area contributed by atoms with Gasteiger partial charge in [-0.3, -0.25) is 9.89 Å². The first-order valence-electron chi connectivity index (χ1n) is 10.1. The summed E-state index contributed by atoms with van der Waals surface area (Å²) in [7, 11) is 1.79. The van der Waals surface area contributed by atoms with Crippen molar-refractivity contribution in [3.63, 3.8) is 0 Å². The lowest BCUT2D eigenvalue weighted by Gasteiger charge is -2.41. The van der Waals surface area contributed by atoms with E-state index in [9.17, 15) is 5.11 Å². The Labute approximate surface area is 163 Å². The molecule has 0 aromatic heterocycles. The Morgan fingerprint density at radius 1 is 1.19 bits per heavy atom. The summed E-state index contributed by atoms with van der Waals surface area (Å²) in [6.45, 7) is 9.41. The van der Waals surface area contributed by atoms with Crippen LogP contribution < -0.4 is 10.6 Å². The smallest absolute Gasteiger partial charge is 0.191 e. The summed E-state index contributed by atoms with van der Waals surface area (Å²) >= 11 is 0. The van der Waals surface area contributed by atoms with Crippen LogP contribution in [0.15, 0.2) is 17.1 Å². The average Bonchev–Trinajstić information content (AvgIpc) is 2.70. The highest BCUT2D eigenvalue weighted by molar-refractivity contribution is 5.79. The molecule has 0 radical (unpaired) electrons. The number of aromatic hydroxyl groups is 1. The van der Waals surface area contributed by atoms with E-state index >= 15 is 0 Å². The van der Waals surface area contributed by atoms with Gasteiger partial charge >= 0.3 is 0 Å². The molecule has 1 aliphatic carbocycles. The van der Waals surface area contributed by atoms with Gasteiger partial charge in [-0.25, -0.2) is 0 Å². The maximum absolute atomic E-state index is 10.4. The molecule has 1 aromatic carbocycles. The molecular formula is C21H34N4O2. The number of nitrogens with one attached hydrogen (secondary N) is 2. The van der Waals surface area contributed by atoms with E-state index in [0.29, 0.717) is 12.3 Å². The van der Waals surface area contributed by atoms with E-state index in [2.05, 4.69) is 40.4 Å². The summed E-state index contributed by atoms with van der Waals surface area (Å²) in [5.41, 5.74) is 3.74. The number of aryl methyl sites for hydroxylation is 1. The number of rotatable bonds is 5. The highest BCUT2D eigenvalue weighted by Crippen LogP contribution is 2.30. The topological polar surface area (TPSA) is 69.1 Å². The van der Waals surface area contributed by atoms with Crippen LogP contribution in [0.2, 0.25) is 0 Å². The number of morpholine rings is 1. The number of hydrogen-bond acceptors (Lipinski definition) is 4. The Hall–Kier alpha value is -1.79. The molecule has 0 bridgehead atoms. The zero-order valence-electron chi connectivity index (χ0n) is 17.0. The van der Waals surface area contributed by atoms with E-state index in [1.807, 2.05) is 6.07 Å². The number of nitrogens with zero attached hydrogens (tertiary/aromatic N) is 2. The number of fused-ring (bicyclic) bond motifs is 1. The molecule has 2 aliphatic rings. The molecule has 0 saturated carbocycles. The molecule has 1 aromatic rings. The van der Waals surface area contributed by atoms with Gasteiger partial charge in [0, 0.05) is 44.3 Å². The van der Waals surface area contributed by atoms with E-state index in [4.69, 9.17) is 4.74 Å².